The van der Waals surface area contributed by atoms with Crippen LogP contribution in [0.15, 0.2) is 9.57 Å². The maximum absolute atomic E-state index is 11.2. The second-order valence-electron chi connectivity index (χ2n) is 2.22. The number of hydrogen-bond acceptors (Lipinski definition) is 5. The number of carbonyl (C=O) groups is 1. The molecule has 5 nitrogen and oxygen atoms in total. The Balaban J connectivity index is 0. The maximum Gasteiger partial charge on any atom is 0.101 e. The second kappa shape index (κ2) is 7.07. The Morgan fingerprint density at radius 3 is 2.79 bits per heavy atom. The topological polar surface area (TPSA) is 62.1 Å². The Labute approximate surface area is 94.1 Å². The third-order valence-electron chi connectivity index (χ3n) is 1.52. The van der Waals surface area contributed by atoms with Gasteiger partial charge in [-0.25, -0.2) is 5.75 Å². The number of rotatable bonds is 3. The Morgan fingerprint density at radius 1 is 1.71 bits per heavy atom. The molecule has 0 fully saturated rings. The summed E-state index contributed by atoms with van der Waals surface area (Å²) in [5.74, 6) is 1.65. The van der Waals surface area contributed by atoms with E-state index in [4.69, 9.17) is 0 Å². The van der Waals surface area contributed by atoms with Crippen molar-refractivity contribution in [2.75, 3.05) is 13.1 Å². The summed E-state index contributed by atoms with van der Waals surface area (Å²) in [5.41, 5.74) is 0. The van der Waals surface area contributed by atoms with Crippen LogP contribution in [0.5, 0.6) is 0 Å². The molecule has 14 heavy (non-hydrogen) atoms. The van der Waals surface area contributed by atoms with E-state index in [-0.39, 0.29) is 26.3 Å². The van der Waals surface area contributed by atoms with Crippen molar-refractivity contribution in [2.45, 2.75) is 6.92 Å². The van der Waals surface area contributed by atoms with Crippen LogP contribution in [-0.4, -0.2) is 29.7 Å². The van der Waals surface area contributed by atoms with Crippen molar-refractivity contribution >= 4 is 23.7 Å². The minimum absolute atomic E-state index is 0. The van der Waals surface area contributed by atoms with Crippen molar-refractivity contribution in [2.24, 2.45) is 9.57 Å². The molecule has 1 aliphatic rings. The molecule has 1 amide bonds. The standard InChI is InChI=1S/C6H8N3O2S.Re.Rf/c1-5-7-2-3-9(5)6(10)4-12-8-11;;/h4H,2-3H2,1H3;;/q-1;;. The number of hydrogen-bond donors (Lipinski definition) is 0. The molecule has 0 atom stereocenters. The number of nitrogens with zero attached hydrogens (tertiary/aromatic N) is 3. The van der Waals surface area contributed by atoms with E-state index in [0.29, 0.717) is 30.9 Å². The van der Waals surface area contributed by atoms with Gasteiger partial charge in [-0.15, -0.1) is 16.9 Å². The molecular formula is C6H8N3O2ReRfS-. The van der Waals surface area contributed by atoms with Gasteiger partial charge < -0.3 is 9.69 Å². The van der Waals surface area contributed by atoms with Gasteiger partial charge in [-0.3, -0.25) is 4.99 Å². The molecule has 0 saturated carbocycles. The third kappa shape index (κ3) is 3.56. The number of nitroso groups, excluding NO2 is 1. The molecule has 1 rings (SSSR count). The van der Waals surface area contributed by atoms with Gasteiger partial charge in [0.05, 0.1) is 6.54 Å². The molecule has 0 saturated heterocycles. The quantitative estimate of drug-likeness (QED) is 0.261. The minimum atomic E-state index is -0.224. The molecule has 75 valence electrons. The summed E-state index contributed by atoms with van der Waals surface area (Å²) in [5, 5.41) is 0. The first-order valence-electron chi connectivity index (χ1n) is 3.40. The van der Waals surface area contributed by atoms with E-state index < -0.39 is 0 Å². The van der Waals surface area contributed by atoms with E-state index in [2.05, 4.69) is 9.57 Å². The Bertz CT molecular complexity index is 239. The fraction of sp³-hybridized carbons (Fsp3) is 0.500. The van der Waals surface area contributed by atoms with Gasteiger partial charge in [-0.05, 0) is 11.5 Å². The van der Waals surface area contributed by atoms with Crippen LogP contribution >= 0.6 is 11.9 Å². The molecular weight excluding hydrogens is 631 g/mol. The molecule has 0 unspecified atom stereocenters. The van der Waals surface area contributed by atoms with E-state index in [0.717, 1.165) is 0 Å². The normalized spacial score (nSPS) is 13.5. The summed E-state index contributed by atoms with van der Waals surface area (Å²) in [7, 11) is 0. The van der Waals surface area contributed by atoms with Gasteiger partial charge in [-0.2, -0.15) is 0 Å². The summed E-state index contributed by atoms with van der Waals surface area (Å²) < 4.78 is 2.50. The molecule has 1 radical (unpaired) electrons. The number of carbonyl (C=O) groups excluding carboxylic acids is 1. The van der Waals surface area contributed by atoms with Crippen molar-refractivity contribution in [3.63, 3.8) is 0 Å². The zero-order chi connectivity index (χ0) is 8.97. The monoisotopic (exact) mass is 640 g/mol. The van der Waals surface area contributed by atoms with Crippen LogP contribution in [0.25, 0.3) is 0 Å². The van der Waals surface area contributed by atoms with Crippen LogP contribution < -0.4 is 0 Å². The number of aliphatic imine (C=N–C) groups is 1. The van der Waals surface area contributed by atoms with E-state index in [1.165, 1.54) is 10.7 Å². The van der Waals surface area contributed by atoms with Gasteiger partial charge in [0.1, 0.15) is 11.7 Å². The van der Waals surface area contributed by atoms with E-state index in [1.807, 2.05) is 0 Å². The molecule has 1 heterocycles. The summed E-state index contributed by atoms with van der Waals surface area (Å²) in [4.78, 5) is 26.4. The average Bonchev–Trinajstić information content (AvgIpc) is 2.47. The van der Waals surface area contributed by atoms with Crippen LogP contribution in [0.2, 0.25) is 0 Å². The Hall–Kier alpha value is -1.38. The predicted molar refractivity (Wildman–Crippen MR) is 47.4 cm³/mol. The second-order valence-corrected chi connectivity index (χ2v) is 2.81. The van der Waals surface area contributed by atoms with Gasteiger partial charge in [0.25, 0.3) is 0 Å². The molecule has 8 heteroatoms. The summed E-state index contributed by atoms with van der Waals surface area (Å²) in [6.45, 7) is 3.00. The van der Waals surface area contributed by atoms with E-state index in [9.17, 15) is 9.70 Å². The molecule has 0 bridgehead atoms. The van der Waals surface area contributed by atoms with Gasteiger partial charge in [0, 0.05) is 27.0 Å². The maximum atomic E-state index is 11.2. The number of amidine groups is 1. The van der Waals surface area contributed by atoms with Gasteiger partial charge >= 0.3 is 0 Å². The minimum Gasteiger partial charge on any atom is -0.324 e. The van der Waals surface area contributed by atoms with Crippen LogP contribution in [-0.2, 0) is 25.2 Å². The summed E-state index contributed by atoms with van der Waals surface area (Å²) >= 11 is 0.603. The van der Waals surface area contributed by atoms with Gasteiger partial charge in [0.15, 0.2) is 0 Å². The predicted octanol–water partition coefficient (Wildman–Crippen LogP) is 0.821. The third-order valence-corrected chi connectivity index (χ3v) is 1.91. The van der Waals surface area contributed by atoms with E-state index >= 15 is 0 Å². The van der Waals surface area contributed by atoms with Crippen LogP contribution in [0.3, 0.4) is 0 Å². The smallest absolute Gasteiger partial charge is 0.101 e. The first-order valence-corrected chi connectivity index (χ1v) is 4.23. The van der Waals surface area contributed by atoms with Crippen molar-refractivity contribution in [1.29, 1.82) is 0 Å². The van der Waals surface area contributed by atoms with Crippen LogP contribution in [0, 0.1) is 10.7 Å². The van der Waals surface area contributed by atoms with Gasteiger partial charge in [-0.1, -0.05) is 0 Å². The molecule has 0 aliphatic carbocycles. The molecule has 0 aromatic heterocycles. The van der Waals surface area contributed by atoms with Crippen LogP contribution in [0.4, 0.5) is 0 Å². The SMILES string of the molecule is CC1=NCCN1C(=O)[CH-]SN=O.[Re].[Rf]. The average molecular weight is 639 g/mol. The Kier molecular flexibility index (Phi) is 7.63. The van der Waals surface area contributed by atoms with Crippen molar-refractivity contribution in [3.8, 4) is 0 Å². The van der Waals surface area contributed by atoms with E-state index in [1.54, 1.807) is 6.92 Å². The first-order chi connectivity index (χ1) is 5.75. The summed E-state index contributed by atoms with van der Waals surface area (Å²) in [6, 6.07) is 0. The fourth-order valence-corrected chi connectivity index (χ4v) is 1.22. The molecule has 0 spiro atoms. The zero-order valence-corrected chi connectivity index (χ0v) is 17.6. The zero-order valence-electron chi connectivity index (χ0n) is 7.64. The molecule has 0 N–H and O–H groups in total. The van der Waals surface area contributed by atoms with Crippen LogP contribution in [0.1, 0.15) is 6.92 Å². The van der Waals surface area contributed by atoms with Gasteiger partial charge in [0.2, 0.25) is 0 Å². The molecule has 0 aromatic rings. The molecule has 0 aromatic carbocycles. The number of amides is 1. The Morgan fingerprint density at radius 2 is 2.36 bits per heavy atom. The summed E-state index contributed by atoms with van der Waals surface area (Å²) in [6.07, 6.45) is 0. The van der Waals surface area contributed by atoms with Crippen molar-refractivity contribution in [3.05, 3.63) is 10.7 Å². The van der Waals surface area contributed by atoms with Crippen molar-refractivity contribution in [1.82, 2.24) is 4.90 Å². The fourth-order valence-electron chi connectivity index (χ4n) is 0.959. The molecule has 1 aliphatic heterocycles. The largest absolute Gasteiger partial charge is 0.324 e. The van der Waals surface area contributed by atoms with Crippen molar-refractivity contribution < 1.29 is 25.2 Å². The first kappa shape index (κ1) is 15.1.